The summed E-state index contributed by atoms with van der Waals surface area (Å²) in [6.07, 6.45) is 1.60. The first-order valence-corrected chi connectivity index (χ1v) is 8.69. The molecule has 134 valence electrons. The third kappa shape index (κ3) is 3.32. The Morgan fingerprint density at radius 1 is 1.27 bits per heavy atom. The van der Waals surface area contributed by atoms with E-state index < -0.39 is 5.41 Å². The zero-order valence-corrected chi connectivity index (χ0v) is 15.5. The van der Waals surface area contributed by atoms with E-state index in [1.165, 1.54) is 4.57 Å². The number of hydrogen-bond acceptors (Lipinski definition) is 4. The number of alkyl halides is 1. The van der Waals surface area contributed by atoms with Crippen LogP contribution >= 0.6 is 11.6 Å². The van der Waals surface area contributed by atoms with E-state index in [0.717, 1.165) is 0 Å². The Morgan fingerprint density at radius 2 is 2.04 bits per heavy atom. The molecule has 0 aliphatic carbocycles. The van der Waals surface area contributed by atoms with Gasteiger partial charge in [0, 0.05) is 17.8 Å². The molecular formula is C19H19ClN4O2. The van der Waals surface area contributed by atoms with Crippen molar-refractivity contribution in [3.63, 3.8) is 0 Å². The van der Waals surface area contributed by atoms with Crippen LogP contribution in [0.2, 0.25) is 0 Å². The molecule has 0 radical (unpaired) electrons. The number of rotatable bonds is 4. The molecule has 2 aromatic heterocycles. The lowest BCUT2D eigenvalue weighted by Gasteiger charge is -2.20. The Morgan fingerprint density at radius 3 is 2.77 bits per heavy atom. The number of aryl methyl sites for hydroxylation is 1. The van der Waals surface area contributed by atoms with Gasteiger partial charge in [-0.2, -0.15) is 0 Å². The van der Waals surface area contributed by atoms with Crippen LogP contribution in [0.5, 0.6) is 0 Å². The summed E-state index contributed by atoms with van der Waals surface area (Å²) in [5.41, 5.74) is 0.723. The highest BCUT2D eigenvalue weighted by atomic mass is 35.5. The van der Waals surface area contributed by atoms with Crippen LogP contribution in [-0.4, -0.2) is 26.3 Å². The van der Waals surface area contributed by atoms with Gasteiger partial charge in [0.15, 0.2) is 5.65 Å². The molecule has 1 amide bonds. The molecule has 0 aliphatic heterocycles. The summed E-state index contributed by atoms with van der Waals surface area (Å²) < 4.78 is 1.51. The number of anilines is 1. The summed E-state index contributed by atoms with van der Waals surface area (Å²) in [6, 6.07) is 10.5. The third-order valence-electron chi connectivity index (χ3n) is 4.12. The number of pyridine rings is 1. The highest BCUT2D eigenvalue weighted by molar-refractivity contribution is 6.20. The number of fused-ring (bicyclic) bond motifs is 1. The van der Waals surface area contributed by atoms with Gasteiger partial charge in [0.25, 0.3) is 5.56 Å². The van der Waals surface area contributed by atoms with Gasteiger partial charge in [0.05, 0.1) is 16.5 Å². The van der Waals surface area contributed by atoms with Gasteiger partial charge in [0.2, 0.25) is 5.91 Å². The van der Waals surface area contributed by atoms with Gasteiger partial charge in [-0.15, -0.1) is 11.6 Å². The number of amides is 1. The minimum Gasteiger partial charge on any atom is -0.326 e. The SMILES string of the molecule is Cc1nc2ncccc2c(=O)n1-c1cccc(NC(=O)C(C)(C)CCl)c1. The Hall–Kier alpha value is -2.73. The largest absolute Gasteiger partial charge is 0.326 e. The summed E-state index contributed by atoms with van der Waals surface area (Å²) in [6.45, 7) is 5.29. The van der Waals surface area contributed by atoms with Crippen molar-refractivity contribution >= 4 is 34.2 Å². The van der Waals surface area contributed by atoms with Crippen molar-refractivity contribution in [1.82, 2.24) is 14.5 Å². The maximum atomic E-state index is 12.9. The molecule has 26 heavy (non-hydrogen) atoms. The normalized spacial score (nSPS) is 11.5. The average molecular weight is 371 g/mol. The number of nitrogens with zero attached hydrogens (tertiary/aromatic N) is 3. The number of hydrogen-bond donors (Lipinski definition) is 1. The molecule has 0 fully saturated rings. The molecule has 0 atom stereocenters. The molecule has 2 heterocycles. The van der Waals surface area contributed by atoms with E-state index in [1.54, 1.807) is 63.4 Å². The standard InChI is InChI=1S/C19H19ClN4O2/c1-12-22-16-15(8-5-9-21-16)17(25)24(12)14-7-4-6-13(10-14)23-18(26)19(2,3)11-20/h4-10H,11H2,1-3H3,(H,23,26). The van der Waals surface area contributed by atoms with E-state index in [4.69, 9.17) is 11.6 Å². The lowest BCUT2D eigenvalue weighted by atomic mass is 9.95. The second-order valence-electron chi connectivity index (χ2n) is 6.70. The summed E-state index contributed by atoms with van der Waals surface area (Å²) >= 11 is 5.86. The molecule has 0 bridgehead atoms. The van der Waals surface area contributed by atoms with Crippen LogP contribution in [0.25, 0.3) is 16.7 Å². The van der Waals surface area contributed by atoms with Crippen molar-refractivity contribution in [3.8, 4) is 5.69 Å². The molecule has 3 rings (SSSR count). The predicted octanol–water partition coefficient (Wildman–Crippen LogP) is 3.29. The number of benzene rings is 1. The predicted molar refractivity (Wildman–Crippen MR) is 103 cm³/mol. The average Bonchev–Trinajstić information content (AvgIpc) is 2.62. The zero-order valence-electron chi connectivity index (χ0n) is 14.8. The van der Waals surface area contributed by atoms with Gasteiger partial charge < -0.3 is 5.32 Å². The van der Waals surface area contributed by atoms with Crippen LogP contribution in [0.4, 0.5) is 5.69 Å². The van der Waals surface area contributed by atoms with Gasteiger partial charge in [-0.05, 0) is 51.1 Å². The van der Waals surface area contributed by atoms with Crippen LogP contribution in [-0.2, 0) is 4.79 Å². The van der Waals surface area contributed by atoms with Gasteiger partial charge in [-0.25, -0.2) is 9.97 Å². The zero-order chi connectivity index (χ0) is 18.9. The fourth-order valence-electron chi connectivity index (χ4n) is 2.51. The fourth-order valence-corrected chi connectivity index (χ4v) is 2.63. The summed E-state index contributed by atoms with van der Waals surface area (Å²) in [4.78, 5) is 33.7. The van der Waals surface area contributed by atoms with Crippen molar-refractivity contribution < 1.29 is 4.79 Å². The topological polar surface area (TPSA) is 76.9 Å². The van der Waals surface area contributed by atoms with Gasteiger partial charge >= 0.3 is 0 Å². The highest BCUT2D eigenvalue weighted by Gasteiger charge is 2.26. The second-order valence-corrected chi connectivity index (χ2v) is 6.96. The molecule has 0 saturated heterocycles. The number of aromatic nitrogens is 3. The monoisotopic (exact) mass is 370 g/mol. The van der Waals surface area contributed by atoms with E-state index in [-0.39, 0.29) is 17.3 Å². The van der Waals surface area contributed by atoms with E-state index in [1.807, 2.05) is 0 Å². The van der Waals surface area contributed by atoms with Crippen molar-refractivity contribution in [1.29, 1.82) is 0 Å². The molecule has 0 spiro atoms. The van der Waals surface area contributed by atoms with E-state index in [2.05, 4.69) is 15.3 Å². The van der Waals surface area contributed by atoms with Crippen molar-refractivity contribution in [3.05, 3.63) is 58.8 Å². The van der Waals surface area contributed by atoms with Crippen molar-refractivity contribution in [2.75, 3.05) is 11.2 Å². The van der Waals surface area contributed by atoms with Crippen LogP contribution in [0, 0.1) is 12.3 Å². The first-order valence-electron chi connectivity index (χ1n) is 8.16. The lowest BCUT2D eigenvalue weighted by molar-refractivity contribution is -0.122. The first kappa shape index (κ1) is 18.1. The van der Waals surface area contributed by atoms with E-state index >= 15 is 0 Å². The van der Waals surface area contributed by atoms with Crippen LogP contribution in [0.3, 0.4) is 0 Å². The molecule has 1 aromatic carbocycles. The maximum absolute atomic E-state index is 12.9. The van der Waals surface area contributed by atoms with Crippen LogP contribution in [0.1, 0.15) is 19.7 Å². The molecule has 3 aromatic rings. The first-order chi connectivity index (χ1) is 12.3. The molecule has 0 unspecified atom stereocenters. The minimum absolute atomic E-state index is 0.186. The molecule has 1 N–H and O–H groups in total. The molecule has 0 aliphatic rings. The number of carbonyl (C=O) groups is 1. The Kier molecular flexibility index (Phi) is 4.78. The maximum Gasteiger partial charge on any atom is 0.267 e. The Balaban J connectivity index is 2.05. The summed E-state index contributed by atoms with van der Waals surface area (Å²) in [5.74, 6) is 0.541. The van der Waals surface area contributed by atoms with E-state index in [0.29, 0.717) is 28.2 Å². The fraction of sp³-hybridized carbons (Fsp3) is 0.263. The lowest BCUT2D eigenvalue weighted by Crippen LogP contribution is -2.32. The number of carbonyl (C=O) groups excluding carboxylic acids is 1. The highest BCUT2D eigenvalue weighted by Crippen LogP contribution is 2.22. The molecule has 0 saturated carbocycles. The third-order valence-corrected chi connectivity index (χ3v) is 4.79. The summed E-state index contributed by atoms with van der Waals surface area (Å²) in [7, 11) is 0. The Bertz CT molecular complexity index is 1040. The van der Waals surface area contributed by atoms with Gasteiger partial charge in [0.1, 0.15) is 5.82 Å². The van der Waals surface area contributed by atoms with Crippen LogP contribution in [0.15, 0.2) is 47.4 Å². The molecular weight excluding hydrogens is 352 g/mol. The minimum atomic E-state index is -0.694. The quantitative estimate of drug-likeness (QED) is 0.715. The van der Waals surface area contributed by atoms with Crippen LogP contribution < -0.4 is 10.9 Å². The smallest absolute Gasteiger partial charge is 0.267 e. The Labute approximate surface area is 155 Å². The van der Waals surface area contributed by atoms with Gasteiger partial charge in [-0.1, -0.05) is 6.07 Å². The second kappa shape index (κ2) is 6.88. The van der Waals surface area contributed by atoms with Crippen molar-refractivity contribution in [2.24, 2.45) is 5.41 Å². The summed E-state index contributed by atoms with van der Waals surface area (Å²) in [5, 5.41) is 3.29. The molecule has 7 heteroatoms. The molecule has 6 nitrogen and oxygen atoms in total. The number of halogens is 1. The van der Waals surface area contributed by atoms with Crippen molar-refractivity contribution in [2.45, 2.75) is 20.8 Å². The van der Waals surface area contributed by atoms with Gasteiger partial charge in [-0.3, -0.25) is 14.2 Å². The number of nitrogens with one attached hydrogen (secondary N) is 1. The van der Waals surface area contributed by atoms with E-state index in [9.17, 15) is 9.59 Å².